The molecule has 1 unspecified atom stereocenters. The van der Waals surface area contributed by atoms with Crippen molar-refractivity contribution in [2.24, 2.45) is 5.41 Å². The maximum absolute atomic E-state index is 11.9. The number of phenols is 1. The minimum Gasteiger partial charge on any atom is -0.507 e. The molecule has 0 aliphatic heterocycles. The summed E-state index contributed by atoms with van der Waals surface area (Å²) in [6.45, 7) is 14.2. The van der Waals surface area contributed by atoms with E-state index in [1.54, 1.807) is 19.1 Å². The molecule has 0 aromatic heterocycles. The third-order valence-electron chi connectivity index (χ3n) is 5.44. The van der Waals surface area contributed by atoms with Crippen molar-refractivity contribution in [2.75, 3.05) is 13.2 Å². The van der Waals surface area contributed by atoms with Crippen molar-refractivity contribution in [1.29, 1.82) is 0 Å². The third kappa shape index (κ3) is 6.39. The van der Waals surface area contributed by atoms with E-state index in [1.165, 1.54) is 0 Å². The van der Waals surface area contributed by atoms with Crippen molar-refractivity contribution < 1.29 is 24.5 Å². The van der Waals surface area contributed by atoms with E-state index in [4.69, 9.17) is 9.47 Å². The lowest BCUT2D eigenvalue weighted by Crippen LogP contribution is -2.35. The van der Waals surface area contributed by atoms with Crippen LogP contribution in [0.15, 0.2) is 42.5 Å². The lowest BCUT2D eigenvalue weighted by Gasteiger charge is -2.28. The Morgan fingerprint density at radius 3 is 1.81 bits per heavy atom. The van der Waals surface area contributed by atoms with E-state index in [1.807, 2.05) is 71.9 Å². The number of hydrogen-bond acceptors (Lipinski definition) is 4. The van der Waals surface area contributed by atoms with Crippen LogP contribution in [0.3, 0.4) is 0 Å². The van der Waals surface area contributed by atoms with E-state index in [9.17, 15) is 15.0 Å². The highest BCUT2D eigenvalue weighted by Crippen LogP contribution is 2.41. The minimum absolute atomic E-state index is 0.0474. The van der Waals surface area contributed by atoms with Crippen molar-refractivity contribution in [3.05, 3.63) is 53.6 Å². The number of ether oxygens (including phenoxy) is 2. The first kappa shape index (κ1) is 24.6. The highest BCUT2D eigenvalue weighted by Gasteiger charge is 2.34. The third-order valence-corrected chi connectivity index (χ3v) is 5.44. The molecule has 170 valence electrons. The first-order chi connectivity index (χ1) is 14.2. The molecule has 5 heteroatoms. The summed E-state index contributed by atoms with van der Waals surface area (Å²) >= 11 is 0. The van der Waals surface area contributed by atoms with Crippen LogP contribution in [-0.2, 0) is 15.6 Å². The predicted octanol–water partition coefficient (Wildman–Crippen LogP) is 5.93. The van der Waals surface area contributed by atoms with Crippen molar-refractivity contribution in [1.82, 2.24) is 0 Å². The molecule has 2 N–H and O–H groups in total. The Labute approximate surface area is 186 Å². The zero-order valence-corrected chi connectivity index (χ0v) is 19.8. The van der Waals surface area contributed by atoms with Crippen LogP contribution in [0.5, 0.6) is 17.2 Å². The number of carboxylic acid groups (broad SMARTS) is 1. The summed E-state index contributed by atoms with van der Waals surface area (Å²) in [4.78, 5) is 11.9. The summed E-state index contributed by atoms with van der Waals surface area (Å²) in [6, 6.07) is 12.9. The van der Waals surface area contributed by atoms with E-state index < -0.39 is 11.4 Å². The van der Waals surface area contributed by atoms with Gasteiger partial charge >= 0.3 is 5.97 Å². The molecule has 0 saturated carbocycles. The van der Waals surface area contributed by atoms with Crippen LogP contribution in [0, 0.1) is 5.41 Å². The molecule has 0 aliphatic carbocycles. The van der Waals surface area contributed by atoms with Gasteiger partial charge in [0.05, 0.1) is 6.61 Å². The number of carbonyl (C=O) groups is 1. The van der Waals surface area contributed by atoms with Crippen molar-refractivity contribution >= 4 is 5.97 Å². The normalized spacial score (nSPS) is 14.0. The SMILES string of the molecule is CC(CCOc1cc(C(C)(C)C)c(O)c(C(C)(C)C)c1)(COc1ccccc1)C(=O)O. The maximum atomic E-state index is 11.9. The quantitative estimate of drug-likeness (QED) is 0.545. The monoisotopic (exact) mass is 428 g/mol. The van der Waals surface area contributed by atoms with Gasteiger partial charge in [-0.15, -0.1) is 0 Å². The van der Waals surface area contributed by atoms with Gasteiger partial charge in [0, 0.05) is 17.5 Å². The van der Waals surface area contributed by atoms with Crippen LogP contribution < -0.4 is 9.47 Å². The topological polar surface area (TPSA) is 76.0 Å². The van der Waals surface area contributed by atoms with Crippen molar-refractivity contribution in [3.8, 4) is 17.2 Å². The summed E-state index contributed by atoms with van der Waals surface area (Å²) in [6.07, 6.45) is 0.283. The molecule has 5 nitrogen and oxygen atoms in total. The maximum Gasteiger partial charge on any atom is 0.312 e. The summed E-state index contributed by atoms with van der Waals surface area (Å²) in [5, 5.41) is 20.6. The highest BCUT2D eigenvalue weighted by atomic mass is 16.5. The van der Waals surface area contributed by atoms with Gasteiger partial charge in [-0.2, -0.15) is 0 Å². The molecule has 31 heavy (non-hydrogen) atoms. The molecule has 0 fully saturated rings. The molecule has 0 aliphatic rings. The molecule has 0 bridgehead atoms. The fourth-order valence-electron chi connectivity index (χ4n) is 3.23. The molecular weight excluding hydrogens is 392 g/mol. The summed E-state index contributed by atoms with van der Waals surface area (Å²) in [5.41, 5.74) is 0.00378. The van der Waals surface area contributed by atoms with Gasteiger partial charge in [0.25, 0.3) is 0 Å². The standard InChI is InChI=1S/C26H36O5/c1-24(2,3)20-15-19(16-21(22(20)27)25(4,5)6)30-14-13-26(7,23(28)29)17-31-18-11-9-8-10-12-18/h8-12,15-16,27H,13-14,17H2,1-7H3,(H,28,29). The molecule has 2 aromatic rings. The Balaban J connectivity index is 2.17. The van der Waals surface area contributed by atoms with Crippen LogP contribution in [0.2, 0.25) is 0 Å². The van der Waals surface area contributed by atoms with Crippen LogP contribution in [-0.4, -0.2) is 29.4 Å². The molecule has 2 aromatic carbocycles. The molecule has 1 atom stereocenters. The average Bonchev–Trinajstić information content (AvgIpc) is 2.66. The van der Waals surface area contributed by atoms with Crippen LogP contribution in [0.4, 0.5) is 0 Å². The lowest BCUT2D eigenvalue weighted by atomic mass is 9.79. The number of para-hydroxylation sites is 1. The second kappa shape index (κ2) is 9.21. The van der Waals surface area contributed by atoms with Gasteiger partial charge in [0.15, 0.2) is 0 Å². The number of hydrogen-bond donors (Lipinski definition) is 2. The lowest BCUT2D eigenvalue weighted by molar-refractivity contribution is -0.150. The zero-order chi connectivity index (χ0) is 23.4. The second-order valence-corrected chi connectivity index (χ2v) is 10.4. The number of phenolic OH excluding ortho intramolecular Hbond substituents is 1. The van der Waals surface area contributed by atoms with Crippen LogP contribution in [0.1, 0.15) is 66.0 Å². The zero-order valence-electron chi connectivity index (χ0n) is 19.8. The molecule has 0 radical (unpaired) electrons. The van der Waals surface area contributed by atoms with Crippen LogP contribution in [0.25, 0.3) is 0 Å². The van der Waals surface area contributed by atoms with Gasteiger partial charge in [-0.1, -0.05) is 59.7 Å². The Morgan fingerprint density at radius 1 is 0.839 bits per heavy atom. The van der Waals surface area contributed by atoms with Gasteiger partial charge in [-0.25, -0.2) is 0 Å². The number of rotatable bonds is 8. The van der Waals surface area contributed by atoms with Gasteiger partial charge in [-0.05, 0) is 42.0 Å². The fraction of sp³-hybridized carbons (Fsp3) is 0.500. The van der Waals surface area contributed by atoms with E-state index >= 15 is 0 Å². The van der Waals surface area contributed by atoms with Gasteiger partial charge < -0.3 is 19.7 Å². The summed E-state index contributed by atoms with van der Waals surface area (Å²) in [7, 11) is 0. The minimum atomic E-state index is -1.09. The first-order valence-corrected chi connectivity index (χ1v) is 10.7. The Bertz CT molecular complexity index is 855. The van der Waals surface area contributed by atoms with E-state index in [0.29, 0.717) is 17.2 Å². The van der Waals surface area contributed by atoms with E-state index in [-0.39, 0.29) is 30.5 Å². The highest BCUT2D eigenvalue weighted by molar-refractivity contribution is 5.74. The number of benzene rings is 2. The Morgan fingerprint density at radius 2 is 1.35 bits per heavy atom. The van der Waals surface area contributed by atoms with Gasteiger partial charge in [0.1, 0.15) is 29.3 Å². The summed E-state index contributed by atoms with van der Waals surface area (Å²) < 4.78 is 11.7. The summed E-state index contributed by atoms with van der Waals surface area (Å²) in [5.74, 6) is 0.630. The van der Waals surface area contributed by atoms with Crippen LogP contribution >= 0.6 is 0 Å². The smallest absolute Gasteiger partial charge is 0.312 e. The number of aliphatic carboxylic acids is 1. The Kier molecular flexibility index (Phi) is 7.30. The largest absolute Gasteiger partial charge is 0.507 e. The van der Waals surface area contributed by atoms with E-state index in [0.717, 1.165) is 11.1 Å². The molecule has 0 spiro atoms. The first-order valence-electron chi connectivity index (χ1n) is 10.7. The van der Waals surface area contributed by atoms with Gasteiger partial charge in [0.2, 0.25) is 0 Å². The fourth-order valence-corrected chi connectivity index (χ4v) is 3.23. The van der Waals surface area contributed by atoms with Gasteiger partial charge in [-0.3, -0.25) is 4.79 Å². The second-order valence-electron chi connectivity index (χ2n) is 10.4. The average molecular weight is 429 g/mol. The van der Waals surface area contributed by atoms with Crippen molar-refractivity contribution in [2.45, 2.75) is 65.7 Å². The Hall–Kier alpha value is -2.69. The molecule has 2 rings (SSSR count). The molecule has 0 heterocycles. The van der Waals surface area contributed by atoms with E-state index in [2.05, 4.69) is 0 Å². The molecule has 0 saturated heterocycles. The number of aromatic hydroxyl groups is 1. The number of carboxylic acids is 1. The molecular formula is C26H36O5. The van der Waals surface area contributed by atoms with Crippen molar-refractivity contribution in [3.63, 3.8) is 0 Å². The predicted molar refractivity (Wildman–Crippen MR) is 123 cm³/mol. The molecule has 0 amide bonds.